The number of hydrogen-bond acceptors (Lipinski definition) is 7. The van der Waals surface area contributed by atoms with Crippen molar-refractivity contribution < 1.29 is 28.7 Å². The molecule has 3 rings (SSSR count). The number of unbranched alkanes of at least 4 members (excludes halogenated alkanes) is 1. The van der Waals surface area contributed by atoms with Crippen LogP contribution in [-0.4, -0.2) is 60.4 Å². The second kappa shape index (κ2) is 10.7. The molecule has 1 N–H and O–H groups in total. The minimum Gasteiger partial charge on any atom is -0.464 e. The summed E-state index contributed by atoms with van der Waals surface area (Å²) in [5.41, 5.74) is 1.59. The first-order chi connectivity index (χ1) is 16.5. The zero-order chi connectivity index (χ0) is 25.8. The Morgan fingerprint density at radius 2 is 1.57 bits per heavy atom. The fourth-order valence-electron chi connectivity index (χ4n) is 3.69. The van der Waals surface area contributed by atoms with Crippen molar-refractivity contribution in [2.75, 3.05) is 25.5 Å². The molecule has 0 radical (unpaired) electrons. The van der Waals surface area contributed by atoms with Crippen molar-refractivity contribution >= 4 is 29.3 Å². The number of nitrogens with zero attached hydrogens (tertiary/aromatic N) is 1. The summed E-state index contributed by atoms with van der Waals surface area (Å²) in [6.45, 7) is 7.59. The number of anilines is 1. The lowest BCUT2D eigenvalue weighted by molar-refractivity contribution is -0.148. The van der Waals surface area contributed by atoms with E-state index in [2.05, 4.69) is 5.32 Å². The monoisotopic (exact) mass is 480 g/mol. The van der Waals surface area contributed by atoms with Crippen LogP contribution in [0, 0.1) is 0 Å². The maximum Gasteiger partial charge on any atom is 0.410 e. The highest BCUT2D eigenvalue weighted by atomic mass is 16.6. The standard InChI is InChI=1S/C27H32N2O6/c1-17(29(5)26(33)35-27(2,3)4)25(32)34-16-9-8-15-28-21-14-10-13-20-22(21)24(31)19-12-7-6-11-18(19)23(20)30/h6-7,10-14,17,28H,8-9,15-16H2,1-5H3/t17-/m0/s1. The number of ether oxygens (including phenoxy) is 2. The predicted octanol–water partition coefficient (Wildman–Crippen LogP) is 4.45. The van der Waals surface area contributed by atoms with E-state index in [0.29, 0.717) is 47.3 Å². The molecule has 0 unspecified atom stereocenters. The van der Waals surface area contributed by atoms with Crippen LogP contribution < -0.4 is 5.32 Å². The van der Waals surface area contributed by atoms with Crippen LogP contribution in [0.5, 0.6) is 0 Å². The van der Waals surface area contributed by atoms with Gasteiger partial charge in [-0.05, 0) is 46.6 Å². The van der Waals surface area contributed by atoms with Crippen molar-refractivity contribution in [3.05, 3.63) is 64.7 Å². The summed E-state index contributed by atoms with van der Waals surface area (Å²) in [4.78, 5) is 51.5. The summed E-state index contributed by atoms with van der Waals surface area (Å²) in [5, 5.41) is 3.24. The first kappa shape index (κ1) is 25.9. The molecule has 186 valence electrons. The Balaban J connectivity index is 1.48. The minimum absolute atomic E-state index is 0.156. The number of esters is 1. The van der Waals surface area contributed by atoms with Gasteiger partial charge in [-0.3, -0.25) is 14.5 Å². The average molecular weight is 481 g/mol. The number of amides is 1. The van der Waals surface area contributed by atoms with Crippen molar-refractivity contribution in [2.24, 2.45) is 0 Å². The van der Waals surface area contributed by atoms with Crippen molar-refractivity contribution in [1.82, 2.24) is 4.90 Å². The van der Waals surface area contributed by atoms with E-state index >= 15 is 0 Å². The van der Waals surface area contributed by atoms with Crippen LogP contribution in [0.4, 0.5) is 10.5 Å². The third kappa shape index (κ3) is 6.07. The Morgan fingerprint density at radius 3 is 2.23 bits per heavy atom. The summed E-state index contributed by atoms with van der Waals surface area (Å²) in [6.07, 6.45) is 0.672. The highest BCUT2D eigenvalue weighted by molar-refractivity contribution is 6.30. The summed E-state index contributed by atoms with van der Waals surface area (Å²) >= 11 is 0. The molecule has 8 heteroatoms. The average Bonchev–Trinajstić information content (AvgIpc) is 2.82. The first-order valence-corrected chi connectivity index (χ1v) is 11.7. The Bertz CT molecular complexity index is 1130. The zero-order valence-electron chi connectivity index (χ0n) is 20.8. The second-order valence-electron chi connectivity index (χ2n) is 9.50. The molecule has 1 aliphatic rings. The SMILES string of the molecule is C[C@@H](C(=O)OCCCCNc1cccc2c1C(=O)c1ccccc1C2=O)N(C)C(=O)OC(C)(C)C. The lowest BCUT2D eigenvalue weighted by Gasteiger charge is -2.27. The van der Waals surface area contributed by atoms with E-state index in [1.165, 1.54) is 11.9 Å². The van der Waals surface area contributed by atoms with E-state index in [4.69, 9.17) is 9.47 Å². The number of fused-ring (bicyclic) bond motifs is 2. The second-order valence-corrected chi connectivity index (χ2v) is 9.50. The van der Waals surface area contributed by atoms with E-state index in [1.807, 2.05) is 0 Å². The summed E-state index contributed by atoms with van der Waals surface area (Å²) in [5.74, 6) is -0.835. The van der Waals surface area contributed by atoms with E-state index in [9.17, 15) is 19.2 Å². The van der Waals surface area contributed by atoms with Gasteiger partial charge in [0.25, 0.3) is 0 Å². The number of benzene rings is 2. The van der Waals surface area contributed by atoms with Crippen molar-refractivity contribution in [2.45, 2.75) is 52.2 Å². The zero-order valence-corrected chi connectivity index (χ0v) is 20.8. The quantitative estimate of drug-likeness (QED) is 0.375. The third-order valence-corrected chi connectivity index (χ3v) is 5.69. The summed E-state index contributed by atoms with van der Waals surface area (Å²) < 4.78 is 10.6. The van der Waals surface area contributed by atoms with Gasteiger partial charge in [-0.2, -0.15) is 0 Å². The molecule has 2 aromatic carbocycles. The molecule has 0 saturated heterocycles. The smallest absolute Gasteiger partial charge is 0.410 e. The van der Waals surface area contributed by atoms with Gasteiger partial charge in [0, 0.05) is 36.0 Å². The molecule has 2 aromatic rings. The van der Waals surface area contributed by atoms with Gasteiger partial charge in [-0.15, -0.1) is 0 Å². The lowest BCUT2D eigenvalue weighted by atomic mass is 9.83. The predicted molar refractivity (Wildman–Crippen MR) is 132 cm³/mol. The molecular weight excluding hydrogens is 448 g/mol. The lowest BCUT2D eigenvalue weighted by Crippen LogP contribution is -2.43. The van der Waals surface area contributed by atoms with Gasteiger partial charge in [-0.25, -0.2) is 9.59 Å². The fraction of sp³-hybridized carbons (Fsp3) is 0.407. The number of likely N-dealkylation sites (N-methyl/N-ethyl adjacent to an activating group) is 1. The van der Waals surface area contributed by atoms with Crippen LogP contribution in [0.1, 0.15) is 72.4 Å². The van der Waals surface area contributed by atoms with Gasteiger partial charge < -0.3 is 14.8 Å². The van der Waals surface area contributed by atoms with Crippen LogP contribution >= 0.6 is 0 Å². The topological polar surface area (TPSA) is 102 Å². The Hall–Kier alpha value is -3.68. The van der Waals surface area contributed by atoms with Crippen LogP contribution in [0.15, 0.2) is 42.5 Å². The highest BCUT2D eigenvalue weighted by Crippen LogP contribution is 2.31. The van der Waals surface area contributed by atoms with Gasteiger partial charge in [0.15, 0.2) is 11.6 Å². The molecule has 35 heavy (non-hydrogen) atoms. The number of rotatable bonds is 8. The molecule has 0 aliphatic heterocycles. The highest BCUT2D eigenvalue weighted by Gasteiger charge is 2.31. The maximum absolute atomic E-state index is 13.0. The molecule has 0 aromatic heterocycles. The van der Waals surface area contributed by atoms with Crippen LogP contribution in [-0.2, 0) is 14.3 Å². The van der Waals surface area contributed by atoms with Gasteiger partial charge in [0.05, 0.1) is 12.2 Å². The summed E-state index contributed by atoms with van der Waals surface area (Å²) in [7, 11) is 1.49. The van der Waals surface area contributed by atoms with Gasteiger partial charge in [0.1, 0.15) is 11.6 Å². The van der Waals surface area contributed by atoms with E-state index < -0.39 is 23.7 Å². The molecule has 0 saturated carbocycles. The van der Waals surface area contributed by atoms with E-state index in [-0.39, 0.29) is 18.2 Å². The molecule has 1 amide bonds. The van der Waals surface area contributed by atoms with Gasteiger partial charge in [0.2, 0.25) is 0 Å². The Labute approximate surface area is 205 Å². The van der Waals surface area contributed by atoms with Crippen LogP contribution in [0.25, 0.3) is 0 Å². The number of ketones is 2. The van der Waals surface area contributed by atoms with E-state index in [1.54, 1.807) is 70.2 Å². The van der Waals surface area contributed by atoms with Crippen molar-refractivity contribution in [3.63, 3.8) is 0 Å². The molecule has 0 heterocycles. The fourth-order valence-corrected chi connectivity index (χ4v) is 3.69. The number of carbonyl (C=O) groups excluding carboxylic acids is 4. The van der Waals surface area contributed by atoms with Crippen molar-refractivity contribution in [1.29, 1.82) is 0 Å². The van der Waals surface area contributed by atoms with Crippen molar-refractivity contribution in [3.8, 4) is 0 Å². The maximum atomic E-state index is 13.0. The Kier molecular flexibility index (Phi) is 7.94. The molecule has 1 atom stereocenters. The first-order valence-electron chi connectivity index (χ1n) is 11.7. The number of nitrogens with one attached hydrogen (secondary N) is 1. The summed E-state index contributed by atoms with van der Waals surface area (Å²) in [6, 6.07) is 11.3. The molecule has 8 nitrogen and oxygen atoms in total. The molecular formula is C27H32N2O6. The molecule has 0 spiro atoms. The number of carbonyl (C=O) groups is 4. The van der Waals surface area contributed by atoms with Gasteiger partial charge >= 0.3 is 12.1 Å². The number of hydrogen-bond donors (Lipinski definition) is 1. The molecule has 0 fully saturated rings. The minimum atomic E-state index is -0.773. The van der Waals surface area contributed by atoms with E-state index in [0.717, 1.165) is 0 Å². The van der Waals surface area contributed by atoms with Crippen LogP contribution in [0.2, 0.25) is 0 Å². The largest absolute Gasteiger partial charge is 0.464 e. The molecule has 1 aliphatic carbocycles. The Morgan fingerprint density at radius 1 is 0.943 bits per heavy atom. The van der Waals surface area contributed by atoms with Gasteiger partial charge in [-0.1, -0.05) is 36.4 Å². The third-order valence-electron chi connectivity index (χ3n) is 5.69. The molecule has 0 bridgehead atoms. The van der Waals surface area contributed by atoms with Crippen LogP contribution in [0.3, 0.4) is 0 Å². The normalized spacial score (nSPS) is 13.4.